The van der Waals surface area contributed by atoms with Crippen molar-refractivity contribution in [2.75, 3.05) is 39.4 Å². The minimum atomic E-state index is -0.0150. The van der Waals surface area contributed by atoms with E-state index in [1.54, 1.807) is 29.5 Å². The van der Waals surface area contributed by atoms with E-state index in [2.05, 4.69) is 9.88 Å². The molecule has 3 aromatic rings. The Bertz CT molecular complexity index is 1280. The highest BCUT2D eigenvalue weighted by atomic mass is 32.1. The average molecular weight is 497 g/mol. The maximum atomic E-state index is 13.1. The minimum absolute atomic E-state index is 0.00855. The van der Waals surface area contributed by atoms with Gasteiger partial charge in [0.1, 0.15) is 10.7 Å². The maximum Gasteiger partial charge on any atom is 0.259 e. The van der Waals surface area contributed by atoms with Gasteiger partial charge in [0.2, 0.25) is 0 Å². The van der Waals surface area contributed by atoms with Crippen LogP contribution in [0.1, 0.15) is 53.3 Å². The Morgan fingerprint density at radius 2 is 1.80 bits per heavy atom. The van der Waals surface area contributed by atoms with Crippen molar-refractivity contribution in [1.29, 1.82) is 0 Å². The Kier molecular flexibility index (Phi) is 7.06. The Morgan fingerprint density at radius 3 is 2.57 bits per heavy atom. The van der Waals surface area contributed by atoms with Crippen LogP contribution in [0.4, 0.5) is 0 Å². The van der Waals surface area contributed by atoms with Crippen LogP contribution in [0, 0.1) is 0 Å². The third kappa shape index (κ3) is 4.92. The lowest BCUT2D eigenvalue weighted by molar-refractivity contribution is 0.0625. The van der Waals surface area contributed by atoms with E-state index < -0.39 is 0 Å². The lowest BCUT2D eigenvalue weighted by Crippen LogP contribution is -2.48. The summed E-state index contributed by atoms with van der Waals surface area (Å²) in [5, 5.41) is 0.797. The van der Waals surface area contributed by atoms with Crippen molar-refractivity contribution in [2.45, 2.75) is 46.1 Å². The predicted molar refractivity (Wildman–Crippen MR) is 137 cm³/mol. The molecule has 0 unspecified atom stereocenters. The van der Waals surface area contributed by atoms with E-state index in [-0.39, 0.29) is 11.5 Å². The van der Waals surface area contributed by atoms with E-state index in [1.165, 1.54) is 16.9 Å². The van der Waals surface area contributed by atoms with Gasteiger partial charge in [-0.05, 0) is 63.3 Å². The van der Waals surface area contributed by atoms with Gasteiger partial charge in [-0.25, -0.2) is 4.98 Å². The molecule has 0 radical (unpaired) electrons. The Morgan fingerprint density at radius 1 is 1.06 bits per heavy atom. The van der Waals surface area contributed by atoms with Crippen LogP contribution in [0.2, 0.25) is 0 Å². The number of thiophene rings is 1. The monoisotopic (exact) mass is 496 g/mol. The number of nitrogens with one attached hydrogen (secondary N) is 1. The summed E-state index contributed by atoms with van der Waals surface area (Å²) in [6.45, 7) is 8.15. The fraction of sp³-hybridized carbons (Fsp3) is 0.500. The molecule has 3 heterocycles. The molecule has 1 aliphatic carbocycles. The third-order valence-electron chi connectivity index (χ3n) is 6.70. The van der Waals surface area contributed by atoms with E-state index >= 15 is 0 Å². The van der Waals surface area contributed by atoms with Crippen LogP contribution < -0.4 is 15.0 Å². The van der Waals surface area contributed by atoms with Crippen molar-refractivity contribution in [3.63, 3.8) is 0 Å². The summed E-state index contributed by atoms with van der Waals surface area (Å²) in [6.07, 6.45) is 4.38. The molecule has 1 aliphatic heterocycles. The molecular formula is C26H32N4O4S. The lowest BCUT2D eigenvalue weighted by Gasteiger charge is -2.34. The number of carbonyl (C=O) groups is 1. The van der Waals surface area contributed by atoms with Gasteiger partial charge in [0, 0.05) is 36.6 Å². The number of rotatable bonds is 7. The zero-order valence-electron chi connectivity index (χ0n) is 20.4. The molecule has 35 heavy (non-hydrogen) atoms. The molecule has 9 heteroatoms. The normalized spacial score (nSPS) is 16.3. The second-order valence-corrected chi connectivity index (χ2v) is 10.1. The van der Waals surface area contributed by atoms with E-state index in [1.807, 2.05) is 18.7 Å². The Labute approximate surface area is 208 Å². The number of hydrogen-bond donors (Lipinski definition) is 1. The second-order valence-electron chi connectivity index (χ2n) is 9.00. The Hall–Kier alpha value is -2.91. The molecule has 1 amide bonds. The molecule has 0 spiro atoms. The number of aryl methyl sites for hydroxylation is 2. The van der Waals surface area contributed by atoms with Crippen molar-refractivity contribution < 1.29 is 14.3 Å². The van der Waals surface area contributed by atoms with Crippen molar-refractivity contribution in [3.8, 4) is 11.5 Å². The Balaban J connectivity index is 1.24. The molecule has 186 valence electrons. The highest BCUT2D eigenvalue weighted by Gasteiger charge is 2.25. The SMILES string of the molecule is CCOc1ccc(C(=O)N2CCN(Cc3nc4sc5c(c4c(=O)[nH]3)CCCC5)CC2)cc1OCC. The molecule has 8 nitrogen and oxygen atoms in total. The first-order valence-corrected chi connectivity index (χ1v) is 13.3. The molecule has 0 atom stereocenters. The molecule has 1 aromatic carbocycles. The fourth-order valence-corrected chi connectivity index (χ4v) is 6.25. The number of aromatic amines is 1. The summed E-state index contributed by atoms with van der Waals surface area (Å²) in [5.74, 6) is 1.94. The number of ether oxygens (including phenoxy) is 2. The summed E-state index contributed by atoms with van der Waals surface area (Å²) in [4.78, 5) is 40.1. The van der Waals surface area contributed by atoms with E-state index in [0.717, 1.165) is 42.6 Å². The number of aromatic nitrogens is 2. The molecule has 2 aliphatic rings. The van der Waals surface area contributed by atoms with Crippen LogP contribution in [0.25, 0.3) is 10.2 Å². The summed E-state index contributed by atoms with van der Waals surface area (Å²) >= 11 is 1.68. The summed E-state index contributed by atoms with van der Waals surface area (Å²) in [7, 11) is 0. The zero-order chi connectivity index (χ0) is 24.4. The molecule has 1 fully saturated rings. The number of carbonyl (C=O) groups excluding carboxylic acids is 1. The number of H-pyrrole nitrogens is 1. The largest absolute Gasteiger partial charge is 0.490 e. The number of fused-ring (bicyclic) bond motifs is 3. The standard InChI is InChI=1S/C26H32N4O4S/c1-3-33-19-10-9-17(15-20(19)34-4-2)26(32)30-13-11-29(12-14-30)16-22-27-24(31)23-18-7-5-6-8-21(18)35-25(23)28-22/h9-10,15H,3-8,11-14,16H2,1-2H3,(H,27,28,31). The van der Waals surface area contributed by atoms with Crippen molar-refractivity contribution in [3.05, 3.63) is 50.4 Å². The van der Waals surface area contributed by atoms with Crippen LogP contribution in [0.3, 0.4) is 0 Å². The van der Waals surface area contributed by atoms with Crippen molar-refractivity contribution in [1.82, 2.24) is 19.8 Å². The van der Waals surface area contributed by atoms with E-state index in [4.69, 9.17) is 14.5 Å². The van der Waals surface area contributed by atoms with Gasteiger partial charge in [0.15, 0.2) is 11.5 Å². The second kappa shape index (κ2) is 10.4. The lowest BCUT2D eigenvalue weighted by atomic mass is 9.97. The molecule has 0 saturated carbocycles. The quantitative estimate of drug-likeness (QED) is 0.538. The molecule has 0 bridgehead atoms. The van der Waals surface area contributed by atoms with Gasteiger partial charge in [-0.15, -0.1) is 11.3 Å². The van der Waals surface area contributed by atoms with Gasteiger partial charge >= 0.3 is 0 Å². The number of benzene rings is 1. The minimum Gasteiger partial charge on any atom is -0.490 e. The molecule has 5 rings (SSSR count). The average Bonchev–Trinajstić information content (AvgIpc) is 3.24. The van der Waals surface area contributed by atoms with Gasteiger partial charge in [-0.1, -0.05) is 0 Å². The maximum absolute atomic E-state index is 13.1. The van der Waals surface area contributed by atoms with Gasteiger partial charge < -0.3 is 19.4 Å². The highest BCUT2D eigenvalue weighted by Crippen LogP contribution is 2.33. The first-order valence-electron chi connectivity index (χ1n) is 12.5. The summed E-state index contributed by atoms with van der Waals surface area (Å²) < 4.78 is 11.3. The molecule has 1 N–H and O–H groups in total. The smallest absolute Gasteiger partial charge is 0.259 e. The van der Waals surface area contributed by atoms with Crippen LogP contribution in [-0.4, -0.2) is 65.1 Å². The van der Waals surface area contributed by atoms with Crippen LogP contribution >= 0.6 is 11.3 Å². The highest BCUT2D eigenvalue weighted by molar-refractivity contribution is 7.18. The molecule has 2 aromatic heterocycles. The molecule has 1 saturated heterocycles. The van der Waals surface area contributed by atoms with Crippen molar-refractivity contribution in [2.24, 2.45) is 0 Å². The third-order valence-corrected chi connectivity index (χ3v) is 7.88. The van der Waals surface area contributed by atoms with Crippen LogP contribution in [-0.2, 0) is 19.4 Å². The first kappa shape index (κ1) is 23.8. The summed E-state index contributed by atoms with van der Waals surface area (Å²) in [5.41, 5.74) is 1.80. The summed E-state index contributed by atoms with van der Waals surface area (Å²) in [6, 6.07) is 5.37. The topological polar surface area (TPSA) is 87.8 Å². The molecular weight excluding hydrogens is 464 g/mol. The number of amides is 1. The van der Waals surface area contributed by atoms with E-state index in [0.29, 0.717) is 55.7 Å². The number of nitrogens with zero attached hydrogens (tertiary/aromatic N) is 3. The zero-order valence-corrected chi connectivity index (χ0v) is 21.2. The fourth-order valence-electron chi connectivity index (χ4n) is 4.97. The van der Waals surface area contributed by atoms with Crippen LogP contribution in [0.15, 0.2) is 23.0 Å². The van der Waals surface area contributed by atoms with Gasteiger partial charge in [0.05, 0.1) is 25.1 Å². The van der Waals surface area contributed by atoms with Gasteiger partial charge in [0.25, 0.3) is 11.5 Å². The van der Waals surface area contributed by atoms with Crippen LogP contribution in [0.5, 0.6) is 11.5 Å². The van der Waals surface area contributed by atoms with Gasteiger partial charge in [-0.3, -0.25) is 14.5 Å². The predicted octanol–water partition coefficient (Wildman–Crippen LogP) is 3.62. The number of hydrogen-bond acceptors (Lipinski definition) is 7. The van der Waals surface area contributed by atoms with Gasteiger partial charge in [-0.2, -0.15) is 0 Å². The first-order chi connectivity index (χ1) is 17.1. The van der Waals surface area contributed by atoms with E-state index in [9.17, 15) is 9.59 Å². The van der Waals surface area contributed by atoms with Crippen molar-refractivity contribution >= 4 is 27.5 Å². The number of piperazine rings is 1.